The largest absolute Gasteiger partial charge is 0.206 e. The van der Waals surface area contributed by atoms with Crippen LogP contribution in [0.4, 0.5) is 4.39 Å². The molecule has 2 rings (SSSR count). The lowest BCUT2D eigenvalue weighted by molar-refractivity contribution is 0.631. The number of halogens is 2. The van der Waals surface area contributed by atoms with Crippen LogP contribution < -0.4 is 0 Å². The molecule has 0 N–H and O–H groups in total. The van der Waals surface area contributed by atoms with Crippen LogP contribution >= 0.6 is 15.9 Å². The quantitative estimate of drug-likeness (QED) is 0.706. The van der Waals surface area contributed by atoms with Gasteiger partial charge in [-0.15, -0.1) is 0 Å². The molecule has 0 aliphatic heterocycles. The SMILES string of the molecule is Fc1ccccc1-c1cccc(CBr)c1. The molecule has 76 valence electrons. The molecule has 0 atom stereocenters. The van der Waals surface area contributed by atoms with E-state index in [1.54, 1.807) is 12.1 Å². The molecule has 0 aliphatic carbocycles. The highest BCUT2D eigenvalue weighted by atomic mass is 79.9. The van der Waals surface area contributed by atoms with E-state index in [1.807, 2.05) is 30.3 Å². The average Bonchev–Trinajstić information content (AvgIpc) is 2.30. The van der Waals surface area contributed by atoms with Crippen molar-refractivity contribution in [1.29, 1.82) is 0 Å². The molecular formula is C13H10BrF. The van der Waals surface area contributed by atoms with Gasteiger partial charge in [0, 0.05) is 10.9 Å². The number of hydrogen-bond acceptors (Lipinski definition) is 0. The topological polar surface area (TPSA) is 0 Å². The van der Waals surface area contributed by atoms with E-state index in [0.29, 0.717) is 5.56 Å². The van der Waals surface area contributed by atoms with Crippen molar-refractivity contribution in [2.75, 3.05) is 0 Å². The number of benzene rings is 2. The van der Waals surface area contributed by atoms with E-state index in [0.717, 1.165) is 16.5 Å². The fourth-order valence-electron chi connectivity index (χ4n) is 1.52. The minimum absolute atomic E-state index is 0.177. The molecule has 0 radical (unpaired) electrons. The molecule has 0 saturated heterocycles. The second-order valence-corrected chi connectivity index (χ2v) is 3.87. The van der Waals surface area contributed by atoms with E-state index in [1.165, 1.54) is 6.07 Å². The van der Waals surface area contributed by atoms with Crippen molar-refractivity contribution in [1.82, 2.24) is 0 Å². The summed E-state index contributed by atoms with van der Waals surface area (Å²) >= 11 is 3.39. The maximum Gasteiger partial charge on any atom is 0.131 e. The Morgan fingerprint density at radius 3 is 2.53 bits per heavy atom. The van der Waals surface area contributed by atoms with Crippen LogP contribution in [-0.2, 0) is 5.33 Å². The van der Waals surface area contributed by atoms with Gasteiger partial charge in [-0.25, -0.2) is 4.39 Å². The Morgan fingerprint density at radius 2 is 1.80 bits per heavy atom. The number of alkyl halides is 1. The molecule has 0 aromatic heterocycles. The van der Waals surface area contributed by atoms with Crippen molar-refractivity contribution in [3.05, 3.63) is 59.9 Å². The van der Waals surface area contributed by atoms with Crippen LogP contribution in [0.3, 0.4) is 0 Å². The van der Waals surface area contributed by atoms with Crippen LogP contribution in [0.25, 0.3) is 11.1 Å². The van der Waals surface area contributed by atoms with Gasteiger partial charge < -0.3 is 0 Å². The molecule has 0 nitrogen and oxygen atoms in total. The normalized spacial score (nSPS) is 10.3. The van der Waals surface area contributed by atoms with E-state index in [9.17, 15) is 4.39 Å². The molecule has 0 heterocycles. The third-order valence-electron chi connectivity index (χ3n) is 2.27. The first kappa shape index (κ1) is 10.4. The van der Waals surface area contributed by atoms with Gasteiger partial charge in [0.05, 0.1) is 0 Å². The van der Waals surface area contributed by atoms with Gasteiger partial charge in [0.2, 0.25) is 0 Å². The van der Waals surface area contributed by atoms with E-state index in [-0.39, 0.29) is 5.82 Å². The second-order valence-electron chi connectivity index (χ2n) is 3.31. The van der Waals surface area contributed by atoms with Crippen molar-refractivity contribution in [2.45, 2.75) is 5.33 Å². The molecule has 2 aromatic carbocycles. The Balaban J connectivity index is 2.49. The van der Waals surface area contributed by atoms with Gasteiger partial charge in [-0.1, -0.05) is 58.4 Å². The fourth-order valence-corrected chi connectivity index (χ4v) is 1.87. The maximum atomic E-state index is 13.5. The van der Waals surface area contributed by atoms with Gasteiger partial charge in [-0.2, -0.15) is 0 Å². The minimum Gasteiger partial charge on any atom is -0.206 e. The van der Waals surface area contributed by atoms with Gasteiger partial charge in [0.25, 0.3) is 0 Å². The standard InChI is InChI=1S/C13H10BrF/c14-9-10-4-3-5-11(8-10)12-6-1-2-7-13(12)15/h1-8H,9H2. The summed E-state index contributed by atoms with van der Waals surface area (Å²) in [5, 5.41) is 0.787. The van der Waals surface area contributed by atoms with Crippen molar-refractivity contribution in [3.63, 3.8) is 0 Å². The van der Waals surface area contributed by atoms with Crippen LogP contribution in [0.2, 0.25) is 0 Å². The van der Waals surface area contributed by atoms with Crippen molar-refractivity contribution >= 4 is 15.9 Å². The van der Waals surface area contributed by atoms with E-state index in [4.69, 9.17) is 0 Å². The molecule has 0 aliphatic rings. The highest BCUT2D eigenvalue weighted by Gasteiger charge is 2.03. The predicted molar refractivity (Wildman–Crippen MR) is 64.5 cm³/mol. The van der Waals surface area contributed by atoms with Crippen LogP contribution in [0.5, 0.6) is 0 Å². The third-order valence-corrected chi connectivity index (χ3v) is 2.91. The molecule has 0 fully saturated rings. The Hall–Kier alpha value is -1.15. The first-order valence-electron chi connectivity index (χ1n) is 4.71. The number of hydrogen-bond donors (Lipinski definition) is 0. The zero-order chi connectivity index (χ0) is 10.7. The Labute approximate surface area is 96.9 Å². The Kier molecular flexibility index (Phi) is 3.17. The van der Waals surface area contributed by atoms with E-state index < -0.39 is 0 Å². The van der Waals surface area contributed by atoms with Gasteiger partial charge in [0.1, 0.15) is 5.82 Å². The fraction of sp³-hybridized carbons (Fsp3) is 0.0769. The molecule has 0 bridgehead atoms. The Morgan fingerprint density at radius 1 is 1.00 bits per heavy atom. The summed E-state index contributed by atoms with van der Waals surface area (Å²) in [7, 11) is 0. The molecular weight excluding hydrogens is 255 g/mol. The predicted octanol–water partition coefficient (Wildman–Crippen LogP) is 4.39. The van der Waals surface area contributed by atoms with Crippen molar-refractivity contribution < 1.29 is 4.39 Å². The third kappa shape index (κ3) is 2.26. The molecule has 2 heteroatoms. The lowest BCUT2D eigenvalue weighted by atomic mass is 10.0. The summed E-state index contributed by atoms with van der Waals surface area (Å²) in [5.74, 6) is -0.177. The van der Waals surface area contributed by atoms with Gasteiger partial charge in [-0.05, 0) is 17.2 Å². The summed E-state index contributed by atoms with van der Waals surface area (Å²) in [6.07, 6.45) is 0. The maximum absolute atomic E-state index is 13.5. The zero-order valence-electron chi connectivity index (χ0n) is 8.08. The average molecular weight is 265 g/mol. The van der Waals surface area contributed by atoms with Gasteiger partial charge in [0.15, 0.2) is 0 Å². The molecule has 2 aromatic rings. The summed E-state index contributed by atoms with van der Waals surface area (Å²) in [5.41, 5.74) is 2.72. The lowest BCUT2D eigenvalue weighted by Crippen LogP contribution is -1.85. The van der Waals surface area contributed by atoms with Crippen LogP contribution in [0.1, 0.15) is 5.56 Å². The summed E-state index contributed by atoms with van der Waals surface area (Å²) in [4.78, 5) is 0. The Bertz CT molecular complexity index is 466. The highest BCUT2D eigenvalue weighted by molar-refractivity contribution is 9.08. The minimum atomic E-state index is -0.177. The van der Waals surface area contributed by atoms with Gasteiger partial charge in [-0.3, -0.25) is 0 Å². The summed E-state index contributed by atoms with van der Waals surface area (Å²) in [6.45, 7) is 0. The van der Waals surface area contributed by atoms with Crippen molar-refractivity contribution in [3.8, 4) is 11.1 Å². The van der Waals surface area contributed by atoms with Crippen LogP contribution in [-0.4, -0.2) is 0 Å². The van der Waals surface area contributed by atoms with Crippen LogP contribution in [0.15, 0.2) is 48.5 Å². The second kappa shape index (κ2) is 4.58. The monoisotopic (exact) mass is 264 g/mol. The van der Waals surface area contributed by atoms with Crippen LogP contribution in [0, 0.1) is 5.82 Å². The summed E-state index contributed by atoms with van der Waals surface area (Å²) < 4.78 is 13.5. The van der Waals surface area contributed by atoms with Crippen molar-refractivity contribution in [2.24, 2.45) is 0 Å². The van der Waals surface area contributed by atoms with Gasteiger partial charge >= 0.3 is 0 Å². The molecule has 15 heavy (non-hydrogen) atoms. The smallest absolute Gasteiger partial charge is 0.131 e. The molecule has 0 saturated carbocycles. The molecule has 0 spiro atoms. The zero-order valence-corrected chi connectivity index (χ0v) is 9.67. The van der Waals surface area contributed by atoms with E-state index in [2.05, 4.69) is 15.9 Å². The van der Waals surface area contributed by atoms with E-state index >= 15 is 0 Å². The molecule has 0 amide bonds. The lowest BCUT2D eigenvalue weighted by Gasteiger charge is -2.04. The number of rotatable bonds is 2. The molecule has 0 unspecified atom stereocenters. The first-order valence-corrected chi connectivity index (χ1v) is 5.83. The first-order chi connectivity index (χ1) is 7.31. The summed E-state index contributed by atoms with van der Waals surface area (Å²) in [6, 6.07) is 14.7. The highest BCUT2D eigenvalue weighted by Crippen LogP contribution is 2.23.